The molecule has 1 aliphatic carbocycles. The highest BCUT2D eigenvalue weighted by Crippen LogP contribution is 2.25. The van der Waals surface area contributed by atoms with E-state index in [4.69, 9.17) is 0 Å². The van der Waals surface area contributed by atoms with Crippen LogP contribution in [-0.4, -0.2) is 30.4 Å². The second kappa shape index (κ2) is 8.48. The van der Waals surface area contributed by atoms with Crippen molar-refractivity contribution < 1.29 is 9.59 Å². The molecule has 1 aromatic rings. The van der Waals surface area contributed by atoms with Crippen LogP contribution < -0.4 is 16.0 Å². The fraction of sp³-hybridized carbons (Fsp3) is 0.600. The number of hydrogen-bond donors (Lipinski definition) is 3. The molecule has 3 rings (SSSR count). The van der Waals surface area contributed by atoms with Gasteiger partial charge in [0.25, 0.3) is 5.91 Å². The molecular weight excluding hydrogens is 314 g/mol. The molecule has 5 heteroatoms. The fourth-order valence-corrected chi connectivity index (χ4v) is 3.84. The summed E-state index contributed by atoms with van der Waals surface area (Å²) in [5, 5.41) is 9.49. The Hall–Kier alpha value is -1.88. The van der Waals surface area contributed by atoms with E-state index >= 15 is 0 Å². The maximum absolute atomic E-state index is 12.5. The molecule has 0 spiro atoms. The fourth-order valence-electron chi connectivity index (χ4n) is 3.84. The van der Waals surface area contributed by atoms with Gasteiger partial charge in [-0.15, -0.1) is 0 Å². The maximum Gasteiger partial charge on any atom is 0.251 e. The zero-order chi connectivity index (χ0) is 17.6. The van der Waals surface area contributed by atoms with Gasteiger partial charge in [-0.2, -0.15) is 0 Å². The molecule has 2 atom stereocenters. The molecule has 1 saturated heterocycles. The van der Waals surface area contributed by atoms with Crippen LogP contribution in [0.4, 0.5) is 5.69 Å². The van der Waals surface area contributed by atoms with Gasteiger partial charge in [-0.25, -0.2) is 0 Å². The van der Waals surface area contributed by atoms with E-state index in [1.807, 2.05) is 12.1 Å². The van der Waals surface area contributed by atoms with Gasteiger partial charge in [0.05, 0.1) is 0 Å². The van der Waals surface area contributed by atoms with E-state index in [0.29, 0.717) is 11.3 Å². The lowest BCUT2D eigenvalue weighted by molar-refractivity contribution is -0.120. The molecule has 0 aromatic heterocycles. The van der Waals surface area contributed by atoms with Crippen LogP contribution in [0.25, 0.3) is 0 Å². The number of carbonyl (C=O) groups excluding carboxylic acids is 2. The predicted molar refractivity (Wildman–Crippen MR) is 99.6 cm³/mol. The van der Waals surface area contributed by atoms with Crippen molar-refractivity contribution in [2.24, 2.45) is 5.92 Å². The highest BCUT2D eigenvalue weighted by molar-refractivity contribution is 5.97. The zero-order valence-electron chi connectivity index (χ0n) is 15.0. The molecule has 25 heavy (non-hydrogen) atoms. The number of amides is 2. The first-order chi connectivity index (χ1) is 12.1. The Labute approximate surface area is 150 Å². The molecule has 1 aromatic carbocycles. The van der Waals surface area contributed by atoms with Crippen molar-refractivity contribution in [2.75, 3.05) is 11.9 Å². The van der Waals surface area contributed by atoms with Crippen LogP contribution in [0.5, 0.6) is 0 Å². The Kier molecular flexibility index (Phi) is 6.08. The number of anilines is 1. The summed E-state index contributed by atoms with van der Waals surface area (Å²) in [6, 6.07) is 7.69. The van der Waals surface area contributed by atoms with E-state index in [9.17, 15) is 9.59 Å². The first kappa shape index (κ1) is 17.9. The molecule has 3 N–H and O–H groups in total. The van der Waals surface area contributed by atoms with Crippen LogP contribution in [0, 0.1) is 5.92 Å². The Bertz CT molecular complexity index is 611. The predicted octanol–water partition coefficient (Wildman–Crippen LogP) is 3.08. The quantitative estimate of drug-likeness (QED) is 0.787. The average Bonchev–Trinajstić information content (AvgIpc) is 2.64. The second-order valence-corrected chi connectivity index (χ2v) is 7.37. The largest absolute Gasteiger partial charge is 0.348 e. The van der Waals surface area contributed by atoms with Crippen LogP contribution in [0.15, 0.2) is 24.3 Å². The lowest BCUT2D eigenvalue weighted by Gasteiger charge is -2.30. The van der Waals surface area contributed by atoms with Crippen molar-refractivity contribution in [1.82, 2.24) is 10.6 Å². The monoisotopic (exact) mass is 343 g/mol. The number of carbonyl (C=O) groups is 2. The molecule has 2 aliphatic rings. The summed E-state index contributed by atoms with van der Waals surface area (Å²) in [6.07, 6.45) is 7.51. The summed E-state index contributed by atoms with van der Waals surface area (Å²) in [7, 11) is 0. The van der Waals surface area contributed by atoms with E-state index in [-0.39, 0.29) is 29.8 Å². The molecule has 1 saturated carbocycles. The van der Waals surface area contributed by atoms with Crippen LogP contribution in [0.3, 0.4) is 0 Å². The van der Waals surface area contributed by atoms with Gasteiger partial charge in [-0.05, 0) is 57.4 Å². The Morgan fingerprint density at radius 1 is 1.08 bits per heavy atom. The minimum absolute atomic E-state index is 0.0747. The molecule has 1 aliphatic heterocycles. The second-order valence-electron chi connectivity index (χ2n) is 7.37. The van der Waals surface area contributed by atoms with Crippen molar-refractivity contribution >= 4 is 17.5 Å². The molecule has 136 valence electrons. The van der Waals surface area contributed by atoms with Gasteiger partial charge in [0.15, 0.2) is 0 Å². The summed E-state index contributed by atoms with van der Waals surface area (Å²) in [5.74, 6) is 0.122. The van der Waals surface area contributed by atoms with Crippen molar-refractivity contribution in [3.8, 4) is 0 Å². The molecule has 0 radical (unpaired) electrons. The number of benzene rings is 1. The molecule has 2 fully saturated rings. The smallest absolute Gasteiger partial charge is 0.251 e. The van der Waals surface area contributed by atoms with E-state index < -0.39 is 0 Å². The van der Waals surface area contributed by atoms with Crippen LogP contribution >= 0.6 is 0 Å². The zero-order valence-corrected chi connectivity index (χ0v) is 15.0. The summed E-state index contributed by atoms with van der Waals surface area (Å²) in [6.45, 7) is 3.11. The van der Waals surface area contributed by atoms with Gasteiger partial charge in [0.2, 0.25) is 5.91 Å². The van der Waals surface area contributed by atoms with Crippen molar-refractivity contribution in [3.05, 3.63) is 29.8 Å². The summed E-state index contributed by atoms with van der Waals surface area (Å²) >= 11 is 0. The third-order valence-corrected chi connectivity index (χ3v) is 5.45. The number of piperidine rings is 1. The summed E-state index contributed by atoms with van der Waals surface area (Å²) < 4.78 is 0. The Morgan fingerprint density at radius 2 is 1.88 bits per heavy atom. The SMILES string of the molecule is CC1NCCCC1NC(=O)c1cccc(NC(=O)C2CCCCC2)c1. The molecule has 2 unspecified atom stereocenters. The lowest BCUT2D eigenvalue weighted by Crippen LogP contribution is -2.51. The first-order valence-electron chi connectivity index (χ1n) is 9.58. The number of hydrogen-bond acceptors (Lipinski definition) is 3. The minimum atomic E-state index is -0.0747. The first-order valence-corrected chi connectivity index (χ1v) is 9.58. The lowest BCUT2D eigenvalue weighted by atomic mass is 9.88. The van der Waals surface area contributed by atoms with E-state index in [0.717, 1.165) is 45.1 Å². The van der Waals surface area contributed by atoms with Gasteiger partial charge in [0.1, 0.15) is 0 Å². The van der Waals surface area contributed by atoms with E-state index in [1.54, 1.807) is 12.1 Å². The topological polar surface area (TPSA) is 70.2 Å². The maximum atomic E-state index is 12.5. The Balaban J connectivity index is 1.60. The van der Waals surface area contributed by atoms with Gasteiger partial charge in [0, 0.05) is 29.3 Å². The third-order valence-electron chi connectivity index (χ3n) is 5.45. The summed E-state index contributed by atoms with van der Waals surface area (Å²) in [5.41, 5.74) is 1.30. The van der Waals surface area contributed by atoms with Crippen molar-refractivity contribution in [3.63, 3.8) is 0 Å². The highest BCUT2D eigenvalue weighted by Gasteiger charge is 2.24. The molecular formula is C20H29N3O2. The van der Waals surface area contributed by atoms with Gasteiger partial charge < -0.3 is 16.0 Å². The molecule has 1 heterocycles. The minimum Gasteiger partial charge on any atom is -0.348 e. The van der Waals surface area contributed by atoms with E-state index in [1.165, 1.54) is 6.42 Å². The standard InChI is InChI=1S/C20H29N3O2/c1-14-18(11-6-12-21-14)23-20(25)16-9-5-10-17(13-16)22-19(24)15-7-3-2-4-8-15/h5,9-10,13-15,18,21H,2-4,6-8,11-12H2,1H3,(H,22,24)(H,23,25). The molecule has 2 amide bonds. The normalized spacial score (nSPS) is 24.5. The molecule has 0 bridgehead atoms. The van der Waals surface area contributed by atoms with Gasteiger partial charge in [-0.3, -0.25) is 9.59 Å². The van der Waals surface area contributed by atoms with Crippen molar-refractivity contribution in [1.29, 1.82) is 0 Å². The summed E-state index contributed by atoms with van der Waals surface area (Å²) in [4.78, 5) is 24.9. The average molecular weight is 343 g/mol. The number of rotatable bonds is 4. The number of nitrogens with one attached hydrogen (secondary N) is 3. The van der Waals surface area contributed by atoms with Crippen molar-refractivity contribution in [2.45, 2.75) is 64.0 Å². The van der Waals surface area contributed by atoms with Gasteiger partial charge in [-0.1, -0.05) is 25.3 Å². The van der Waals surface area contributed by atoms with E-state index in [2.05, 4.69) is 22.9 Å². The van der Waals surface area contributed by atoms with Crippen LogP contribution in [0.2, 0.25) is 0 Å². The Morgan fingerprint density at radius 3 is 2.64 bits per heavy atom. The van der Waals surface area contributed by atoms with Crippen LogP contribution in [-0.2, 0) is 4.79 Å². The van der Waals surface area contributed by atoms with Gasteiger partial charge >= 0.3 is 0 Å². The third kappa shape index (κ3) is 4.82. The molecule has 5 nitrogen and oxygen atoms in total. The van der Waals surface area contributed by atoms with Crippen LogP contribution in [0.1, 0.15) is 62.2 Å². The highest BCUT2D eigenvalue weighted by atomic mass is 16.2.